The molecule has 2 unspecified atom stereocenters. The Kier molecular flexibility index (Phi) is 12.8. The molecule has 0 aliphatic heterocycles. The van der Waals surface area contributed by atoms with Crippen LogP contribution < -0.4 is 21.7 Å². The van der Waals surface area contributed by atoms with Gasteiger partial charge in [-0.3, -0.25) is 38.7 Å². The third-order valence-electron chi connectivity index (χ3n) is 8.91. The molecular weight excluding hydrogens is 765 g/mol. The molecule has 6 rings (SSSR count). The zero-order valence-corrected chi connectivity index (χ0v) is 32.4. The van der Waals surface area contributed by atoms with E-state index < -0.39 is 47.3 Å². The zero-order chi connectivity index (χ0) is 40.5. The van der Waals surface area contributed by atoms with Crippen molar-refractivity contribution >= 4 is 63.9 Å². The van der Waals surface area contributed by atoms with Crippen LogP contribution in [-0.4, -0.2) is 66.0 Å². The van der Waals surface area contributed by atoms with Crippen LogP contribution in [0, 0.1) is 13.8 Å². The lowest BCUT2D eigenvalue weighted by molar-refractivity contribution is -0.137. The second kappa shape index (κ2) is 18.2. The maximum absolute atomic E-state index is 13.8. The van der Waals surface area contributed by atoms with Crippen LogP contribution in [-0.2, 0) is 32.0 Å². The van der Waals surface area contributed by atoms with E-state index in [0.29, 0.717) is 45.8 Å². The summed E-state index contributed by atoms with van der Waals surface area (Å²) in [7, 11) is 0. The van der Waals surface area contributed by atoms with E-state index in [1.165, 1.54) is 12.1 Å². The molecule has 0 spiro atoms. The van der Waals surface area contributed by atoms with Crippen molar-refractivity contribution in [2.75, 3.05) is 5.32 Å². The molecule has 0 saturated carbocycles. The van der Waals surface area contributed by atoms with Gasteiger partial charge >= 0.3 is 0 Å². The average Bonchev–Trinajstić information content (AvgIpc) is 3.81. The molecule has 6 aromatic rings. The van der Waals surface area contributed by atoms with E-state index in [1.54, 1.807) is 74.9 Å². The van der Waals surface area contributed by atoms with Crippen molar-refractivity contribution in [1.82, 2.24) is 29.3 Å². The number of anilines is 1. The minimum Gasteiger partial charge on any atom is -0.363 e. The number of hydrogen-bond donors (Lipinski definition) is 4. The van der Waals surface area contributed by atoms with Gasteiger partial charge in [0.25, 0.3) is 23.6 Å². The highest BCUT2D eigenvalue weighted by molar-refractivity contribution is 7.09. The summed E-state index contributed by atoms with van der Waals surface area (Å²) in [6.07, 6.45) is 5.13. The monoisotopic (exact) mass is 800 g/mol. The molecule has 2 atom stereocenters. The number of Topliss-reactive ketones (excluding diaryl/α,β-unsaturated/α-hetero) is 2. The largest absolute Gasteiger partial charge is 0.363 e. The Labute approximate surface area is 335 Å². The van der Waals surface area contributed by atoms with Gasteiger partial charge in [0.05, 0.1) is 23.1 Å². The first-order valence-corrected chi connectivity index (χ1v) is 19.2. The topological polar surface area (TPSA) is 216 Å². The summed E-state index contributed by atoms with van der Waals surface area (Å²) >= 11 is 1.91. The van der Waals surface area contributed by atoms with Crippen LogP contribution in [0.25, 0.3) is 22.4 Å². The molecule has 0 aliphatic rings. The first-order chi connectivity index (χ1) is 27.5. The number of pyridine rings is 2. The number of carbonyl (C=O) groups excluding carboxylic acids is 6. The number of aromatic nitrogens is 4. The summed E-state index contributed by atoms with van der Waals surface area (Å²) in [5, 5.41) is 7.99. The molecule has 16 heteroatoms. The Morgan fingerprint density at radius 3 is 2.04 bits per heavy atom. The molecular formula is C41H36N8O6S2. The number of benzene rings is 2. The fourth-order valence-corrected chi connectivity index (χ4v) is 7.75. The Morgan fingerprint density at radius 1 is 0.702 bits per heavy atom. The van der Waals surface area contributed by atoms with Crippen molar-refractivity contribution in [3.63, 3.8) is 0 Å². The van der Waals surface area contributed by atoms with Crippen molar-refractivity contribution in [2.45, 2.75) is 45.2 Å². The van der Waals surface area contributed by atoms with Gasteiger partial charge in [-0.25, -0.2) is 0 Å². The number of amides is 4. The number of hydrogen-bond acceptors (Lipinski definition) is 12. The maximum Gasteiger partial charge on any atom is 0.293 e. The van der Waals surface area contributed by atoms with Gasteiger partial charge in [0.1, 0.15) is 15.8 Å². The SMILES string of the molecule is Cc1nsc(C(=O)NC(Cc2cccc(NC(=O)C(=O)C(CCc3ccccc3)NC(=O)c3snc(C)c3-c3ccccn3)c2)C(=O)C(N)=O)c1-c1cccnc1. The quantitative estimate of drug-likeness (QED) is 0.0992. The van der Waals surface area contributed by atoms with Crippen LogP contribution >= 0.6 is 23.1 Å². The van der Waals surface area contributed by atoms with E-state index in [4.69, 9.17) is 5.73 Å². The molecule has 4 amide bonds. The standard InChI is InChI=1S/C41H36N8O6S2/c1-23-32(27-13-9-18-43-22-27)36(56-48-23)40(54)47-31(34(50)38(42)52)21-26-12-8-14-28(20-26)45-39(53)35(51)30(17-16-25-10-4-3-5-11-25)46-41(55)37-33(24(2)49-57-37)29-15-6-7-19-44-29/h3-15,18-20,22,30-31H,16-17,21H2,1-2H3,(H2,42,52)(H,45,53)(H,46,55)(H,47,54). The molecule has 0 saturated heterocycles. The average molecular weight is 801 g/mol. The molecule has 288 valence electrons. The number of carbonyl (C=O) groups is 6. The van der Waals surface area contributed by atoms with Gasteiger partial charge in [0.15, 0.2) is 0 Å². The predicted octanol–water partition coefficient (Wildman–Crippen LogP) is 4.67. The van der Waals surface area contributed by atoms with Gasteiger partial charge in [-0.05, 0) is 91.2 Å². The summed E-state index contributed by atoms with van der Waals surface area (Å²) < 4.78 is 8.66. The smallest absolute Gasteiger partial charge is 0.293 e. The fraction of sp³-hybridized carbons (Fsp3) is 0.171. The number of nitrogens with one attached hydrogen (secondary N) is 3. The summed E-state index contributed by atoms with van der Waals surface area (Å²) in [4.78, 5) is 88.6. The van der Waals surface area contributed by atoms with Crippen molar-refractivity contribution in [3.05, 3.63) is 136 Å². The first-order valence-electron chi connectivity index (χ1n) is 17.7. The lowest BCUT2D eigenvalue weighted by atomic mass is 10.00. The van der Waals surface area contributed by atoms with E-state index in [1.807, 2.05) is 30.3 Å². The number of nitrogens with zero attached hydrogens (tertiary/aromatic N) is 4. The number of rotatable bonds is 16. The van der Waals surface area contributed by atoms with Crippen LogP contribution in [0.1, 0.15) is 48.3 Å². The van der Waals surface area contributed by atoms with E-state index in [9.17, 15) is 28.8 Å². The third-order valence-corrected chi connectivity index (χ3v) is 10.8. The summed E-state index contributed by atoms with van der Waals surface area (Å²) in [6.45, 7) is 3.51. The molecule has 4 heterocycles. The summed E-state index contributed by atoms with van der Waals surface area (Å²) in [6, 6.07) is 21.8. The van der Waals surface area contributed by atoms with Crippen LogP contribution in [0.4, 0.5) is 5.69 Å². The van der Waals surface area contributed by atoms with Gasteiger partial charge in [0.2, 0.25) is 11.6 Å². The second-order valence-corrected chi connectivity index (χ2v) is 14.5. The minimum absolute atomic E-state index is 0.122. The summed E-state index contributed by atoms with van der Waals surface area (Å²) in [5.74, 6) is -5.36. The van der Waals surface area contributed by atoms with E-state index in [-0.39, 0.29) is 28.3 Å². The zero-order valence-electron chi connectivity index (χ0n) is 30.7. The van der Waals surface area contributed by atoms with Crippen molar-refractivity contribution < 1.29 is 28.8 Å². The van der Waals surface area contributed by atoms with Crippen LogP contribution in [0.5, 0.6) is 0 Å². The molecule has 4 aromatic heterocycles. The molecule has 0 bridgehead atoms. The van der Waals surface area contributed by atoms with Crippen molar-refractivity contribution in [1.29, 1.82) is 0 Å². The third kappa shape index (κ3) is 9.73. The number of aryl methyl sites for hydroxylation is 3. The molecule has 2 aromatic carbocycles. The van der Waals surface area contributed by atoms with Crippen LogP contribution in [0.2, 0.25) is 0 Å². The van der Waals surface area contributed by atoms with Crippen LogP contribution in [0.3, 0.4) is 0 Å². The van der Waals surface area contributed by atoms with E-state index in [0.717, 1.165) is 28.6 Å². The fourth-order valence-electron chi connectivity index (χ4n) is 6.13. The predicted molar refractivity (Wildman–Crippen MR) is 215 cm³/mol. The van der Waals surface area contributed by atoms with Gasteiger partial charge in [-0.1, -0.05) is 54.6 Å². The lowest BCUT2D eigenvalue weighted by Crippen LogP contribution is -2.47. The first kappa shape index (κ1) is 39.9. The highest BCUT2D eigenvalue weighted by atomic mass is 32.1. The van der Waals surface area contributed by atoms with E-state index >= 15 is 0 Å². The molecule has 5 N–H and O–H groups in total. The molecule has 0 radical (unpaired) electrons. The molecule has 0 fully saturated rings. The number of nitrogens with two attached hydrogens (primary N) is 1. The molecule has 14 nitrogen and oxygen atoms in total. The lowest BCUT2D eigenvalue weighted by Gasteiger charge is -2.18. The summed E-state index contributed by atoms with van der Waals surface area (Å²) in [5.41, 5.74) is 10.4. The Balaban J connectivity index is 1.19. The normalized spacial score (nSPS) is 11.9. The van der Waals surface area contributed by atoms with E-state index in [2.05, 4.69) is 34.7 Å². The van der Waals surface area contributed by atoms with Gasteiger partial charge in [0, 0.05) is 47.4 Å². The Morgan fingerprint density at radius 2 is 1.37 bits per heavy atom. The number of primary amides is 1. The second-order valence-electron chi connectivity index (χ2n) is 12.9. The minimum atomic E-state index is -1.37. The Hall–Kier alpha value is -6.78. The molecule has 57 heavy (non-hydrogen) atoms. The highest BCUT2D eigenvalue weighted by Crippen LogP contribution is 2.31. The number of ketones is 2. The maximum atomic E-state index is 13.8. The molecule has 0 aliphatic carbocycles. The van der Waals surface area contributed by atoms with Crippen molar-refractivity contribution in [2.24, 2.45) is 5.73 Å². The van der Waals surface area contributed by atoms with Crippen LogP contribution in [0.15, 0.2) is 104 Å². The Bertz CT molecular complexity index is 2440. The van der Waals surface area contributed by atoms with Gasteiger partial charge in [-0.15, -0.1) is 0 Å². The highest BCUT2D eigenvalue weighted by Gasteiger charge is 2.31. The van der Waals surface area contributed by atoms with Crippen molar-refractivity contribution in [3.8, 4) is 22.4 Å². The van der Waals surface area contributed by atoms with Gasteiger partial charge in [-0.2, -0.15) is 8.75 Å². The van der Waals surface area contributed by atoms with Gasteiger partial charge < -0.3 is 21.7 Å².